The van der Waals surface area contributed by atoms with E-state index >= 15 is 0 Å². The van der Waals surface area contributed by atoms with Gasteiger partial charge in [-0.1, -0.05) is 0 Å². The summed E-state index contributed by atoms with van der Waals surface area (Å²) in [6.45, 7) is 6.82. The monoisotopic (exact) mass is 347 g/mol. The van der Waals surface area contributed by atoms with Crippen LogP contribution in [0.3, 0.4) is 0 Å². The summed E-state index contributed by atoms with van der Waals surface area (Å²) in [5.41, 5.74) is 2.14. The summed E-state index contributed by atoms with van der Waals surface area (Å²) in [6, 6.07) is 1.74. The molecule has 1 atom stereocenters. The Hall–Kier alpha value is -1.77. The summed E-state index contributed by atoms with van der Waals surface area (Å²) in [6.07, 6.45) is 1.78. The Kier molecular flexibility index (Phi) is 4.34. The fraction of sp³-hybridized carbons (Fsp3) is 0.562. The molecule has 1 fully saturated rings. The number of ether oxygens (including phenoxy) is 1. The Morgan fingerprint density at radius 1 is 1.42 bits per heavy atom. The van der Waals surface area contributed by atoms with Gasteiger partial charge in [0.1, 0.15) is 11.0 Å². The Labute approximate surface area is 144 Å². The van der Waals surface area contributed by atoms with Gasteiger partial charge in [-0.15, -0.1) is 11.3 Å². The van der Waals surface area contributed by atoms with Gasteiger partial charge < -0.3 is 9.64 Å². The lowest BCUT2D eigenvalue weighted by molar-refractivity contribution is -0.140. The number of rotatable bonds is 3. The summed E-state index contributed by atoms with van der Waals surface area (Å²) in [5, 5.41) is 7.56. The zero-order valence-electron chi connectivity index (χ0n) is 13.7. The molecule has 2 aliphatic heterocycles. The Morgan fingerprint density at radius 2 is 2.25 bits per heavy atom. The first-order valence-corrected chi connectivity index (χ1v) is 9.11. The summed E-state index contributed by atoms with van der Waals surface area (Å²) in [4.78, 5) is 21.7. The maximum atomic E-state index is 13.0. The summed E-state index contributed by atoms with van der Waals surface area (Å²) < 4.78 is 7.25. The highest BCUT2D eigenvalue weighted by atomic mass is 32.1. The van der Waals surface area contributed by atoms with Crippen molar-refractivity contribution < 1.29 is 9.53 Å². The van der Waals surface area contributed by atoms with Crippen molar-refractivity contribution in [3.05, 3.63) is 34.0 Å². The molecule has 0 unspecified atom stereocenters. The third-order valence-electron chi connectivity index (χ3n) is 4.50. The lowest BCUT2D eigenvalue weighted by Crippen LogP contribution is -2.49. The van der Waals surface area contributed by atoms with Gasteiger partial charge in [-0.2, -0.15) is 5.10 Å². The fourth-order valence-electron chi connectivity index (χ4n) is 3.33. The lowest BCUT2D eigenvalue weighted by atomic mass is 10.1. The maximum absolute atomic E-state index is 13.0. The van der Waals surface area contributed by atoms with Crippen molar-refractivity contribution in [2.24, 2.45) is 0 Å². The van der Waals surface area contributed by atoms with E-state index in [0.717, 1.165) is 29.5 Å². The first kappa shape index (κ1) is 15.7. The van der Waals surface area contributed by atoms with Crippen molar-refractivity contribution in [1.82, 2.24) is 24.6 Å². The van der Waals surface area contributed by atoms with E-state index in [9.17, 15) is 4.79 Å². The second kappa shape index (κ2) is 6.62. The number of morpholine rings is 1. The van der Waals surface area contributed by atoms with E-state index < -0.39 is 0 Å². The molecule has 7 nitrogen and oxygen atoms in total. The van der Waals surface area contributed by atoms with Gasteiger partial charge in [0.25, 0.3) is 0 Å². The average molecular weight is 347 g/mol. The summed E-state index contributed by atoms with van der Waals surface area (Å²) in [7, 11) is 0. The van der Waals surface area contributed by atoms with Crippen molar-refractivity contribution in [1.29, 1.82) is 0 Å². The van der Waals surface area contributed by atoms with Crippen LogP contribution in [0.1, 0.15) is 22.4 Å². The lowest BCUT2D eigenvalue weighted by Gasteiger charge is -2.36. The number of thiazole rings is 1. The molecule has 0 bridgehead atoms. The average Bonchev–Trinajstić information content (AvgIpc) is 3.23. The van der Waals surface area contributed by atoms with Crippen molar-refractivity contribution >= 4 is 17.2 Å². The maximum Gasteiger partial charge on any atom is 0.248 e. The van der Waals surface area contributed by atoms with Crippen molar-refractivity contribution in [2.75, 3.05) is 32.8 Å². The normalized spacial score (nSPS) is 21.7. The van der Waals surface area contributed by atoms with Gasteiger partial charge in [0.15, 0.2) is 0 Å². The van der Waals surface area contributed by atoms with E-state index in [1.54, 1.807) is 17.5 Å². The molecule has 0 radical (unpaired) electrons. The van der Waals surface area contributed by atoms with Crippen LogP contribution in [0, 0.1) is 6.92 Å². The number of amides is 1. The van der Waals surface area contributed by atoms with Gasteiger partial charge in [0, 0.05) is 43.4 Å². The standard InChI is InChI=1S/C16H21N5O2S/c1-12-11-24-15(18-12)10-19-8-13-2-3-17-21(13)14(9-19)16(22)20-4-6-23-7-5-20/h2-3,11,14H,4-10H2,1H3/t14-/m1/s1. The first-order chi connectivity index (χ1) is 11.7. The molecule has 2 aromatic heterocycles. The van der Waals surface area contributed by atoms with Crippen LogP contribution in [-0.4, -0.2) is 63.3 Å². The molecule has 24 heavy (non-hydrogen) atoms. The second-order valence-corrected chi connectivity index (χ2v) is 7.22. The number of carbonyl (C=O) groups is 1. The summed E-state index contributed by atoms with van der Waals surface area (Å²) in [5.74, 6) is 0.142. The van der Waals surface area contributed by atoms with Crippen LogP contribution in [0.4, 0.5) is 0 Å². The smallest absolute Gasteiger partial charge is 0.248 e. The second-order valence-electron chi connectivity index (χ2n) is 6.27. The number of fused-ring (bicyclic) bond motifs is 1. The molecule has 0 N–H and O–H groups in total. The fourth-order valence-corrected chi connectivity index (χ4v) is 4.14. The van der Waals surface area contributed by atoms with E-state index in [-0.39, 0.29) is 11.9 Å². The van der Waals surface area contributed by atoms with Gasteiger partial charge in [0.05, 0.1) is 25.5 Å². The molecular formula is C16H21N5O2S. The third-order valence-corrected chi connectivity index (χ3v) is 5.45. The molecule has 1 saturated heterocycles. The van der Waals surface area contributed by atoms with Crippen molar-refractivity contribution in [3.8, 4) is 0 Å². The molecule has 2 aromatic rings. The molecule has 4 rings (SSSR count). The zero-order chi connectivity index (χ0) is 16.5. The number of carbonyl (C=O) groups excluding carboxylic acids is 1. The highest BCUT2D eigenvalue weighted by Crippen LogP contribution is 2.24. The molecule has 0 aromatic carbocycles. The van der Waals surface area contributed by atoms with Gasteiger partial charge in [-0.3, -0.25) is 14.4 Å². The van der Waals surface area contributed by atoms with Crippen LogP contribution in [0.5, 0.6) is 0 Å². The number of aromatic nitrogens is 3. The molecule has 2 aliphatic rings. The van der Waals surface area contributed by atoms with Gasteiger partial charge in [-0.05, 0) is 13.0 Å². The van der Waals surface area contributed by atoms with Gasteiger partial charge in [0.2, 0.25) is 5.91 Å². The highest BCUT2D eigenvalue weighted by Gasteiger charge is 2.34. The Morgan fingerprint density at radius 3 is 3.00 bits per heavy atom. The minimum Gasteiger partial charge on any atom is -0.378 e. The van der Waals surface area contributed by atoms with E-state index in [1.165, 1.54) is 0 Å². The number of hydrogen-bond acceptors (Lipinski definition) is 6. The predicted molar refractivity (Wildman–Crippen MR) is 89.6 cm³/mol. The molecule has 128 valence electrons. The molecule has 8 heteroatoms. The molecule has 0 spiro atoms. The van der Waals surface area contributed by atoms with Gasteiger partial charge in [-0.25, -0.2) is 4.98 Å². The summed E-state index contributed by atoms with van der Waals surface area (Å²) >= 11 is 1.68. The number of aryl methyl sites for hydroxylation is 1. The van der Waals surface area contributed by atoms with Crippen LogP contribution in [0.2, 0.25) is 0 Å². The van der Waals surface area contributed by atoms with Crippen LogP contribution >= 0.6 is 11.3 Å². The number of hydrogen-bond donors (Lipinski definition) is 0. The van der Waals surface area contributed by atoms with Crippen LogP contribution in [0.25, 0.3) is 0 Å². The predicted octanol–water partition coefficient (Wildman–Crippen LogP) is 1.06. The number of nitrogens with zero attached hydrogens (tertiary/aromatic N) is 5. The molecule has 1 amide bonds. The van der Waals surface area contributed by atoms with E-state index in [0.29, 0.717) is 32.8 Å². The van der Waals surface area contributed by atoms with Crippen LogP contribution < -0.4 is 0 Å². The minimum absolute atomic E-state index is 0.142. The van der Waals surface area contributed by atoms with Gasteiger partial charge >= 0.3 is 0 Å². The third kappa shape index (κ3) is 3.09. The van der Waals surface area contributed by atoms with Crippen molar-refractivity contribution in [3.63, 3.8) is 0 Å². The molecule has 0 aliphatic carbocycles. The minimum atomic E-state index is -0.261. The zero-order valence-corrected chi connectivity index (χ0v) is 14.5. The highest BCUT2D eigenvalue weighted by molar-refractivity contribution is 7.09. The van der Waals surface area contributed by atoms with Crippen molar-refractivity contribution in [2.45, 2.75) is 26.1 Å². The van der Waals surface area contributed by atoms with Crippen LogP contribution in [0.15, 0.2) is 17.6 Å². The van der Waals surface area contributed by atoms with E-state index in [1.807, 2.05) is 22.6 Å². The first-order valence-electron chi connectivity index (χ1n) is 8.23. The molecular weight excluding hydrogens is 326 g/mol. The Balaban J connectivity index is 1.53. The molecule has 4 heterocycles. The SMILES string of the molecule is Cc1csc(CN2Cc3ccnn3[C@@H](C(=O)N3CCOCC3)C2)n1. The van der Waals surface area contributed by atoms with E-state index in [4.69, 9.17) is 4.74 Å². The Bertz CT molecular complexity index is 722. The molecule has 0 saturated carbocycles. The quantitative estimate of drug-likeness (QED) is 0.831. The largest absolute Gasteiger partial charge is 0.378 e. The van der Waals surface area contributed by atoms with Crippen LogP contribution in [-0.2, 0) is 22.6 Å². The van der Waals surface area contributed by atoms with E-state index in [2.05, 4.69) is 20.4 Å². The topological polar surface area (TPSA) is 63.5 Å².